The number of para-hydroxylation sites is 1. The first-order valence-electron chi connectivity index (χ1n) is 6.11. The van der Waals surface area contributed by atoms with E-state index in [9.17, 15) is 4.79 Å². The number of nitrogens with zero attached hydrogens (tertiary/aromatic N) is 2. The zero-order valence-electron chi connectivity index (χ0n) is 11.5. The number of benzene rings is 1. The predicted molar refractivity (Wildman–Crippen MR) is 77.8 cm³/mol. The first kappa shape index (κ1) is 14.4. The van der Waals surface area contributed by atoms with Crippen molar-refractivity contribution in [3.63, 3.8) is 0 Å². The van der Waals surface area contributed by atoms with Gasteiger partial charge in [-0.05, 0) is 32.2 Å². The molecule has 20 heavy (non-hydrogen) atoms. The van der Waals surface area contributed by atoms with Gasteiger partial charge in [-0.15, -0.1) is 11.8 Å². The normalized spacial score (nSPS) is 11.9. The van der Waals surface area contributed by atoms with Gasteiger partial charge in [-0.25, -0.2) is 4.79 Å². The maximum absolute atomic E-state index is 11.9. The van der Waals surface area contributed by atoms with Crippen LogP contribution in [-0.2, 0) is 0 Å². The largest absolute Gasteiger partial charge is 0.337 e. The van der Waals surface area contributed by atoms with Crippen molar-refractivity contribution in [3.05, 3.63) is 36.0 Å². The topological polar surface area (TPSA) is 80.0 Å². The Morgan fingerprint density at radius 3 is 2.80 bits per heavy atom. The molecule has 0 aliphatic heterocycles. The number of anilines is 1. The van der Waals surface area contributed by atoms with Gasteiger partial charge in [0.25, 0.3) is 0 Å². The molecule has 0 bridgehead atoms. The Morgan fingerprint density at radius 1 is 1.40 bits per heavy atom. The van der Waals surface area contributed by atoms with Crippen LogP contribution in [0.1, 0.15) is 24.7 Å². The Bertz CT molecular complexity index is 600. The van der Waals surface area contributed by atoms with E-state index in [2.05, 4.69) is 20.8 Å². The number of hydrogen-bond donors (Lipinski definition) is 2. The fourth-order valence-electron chi connectivity index (χ4n) is 1.65. The Kier molecular flexibility index (Phi) is 4.62. The summed E-state index contributed by atoms with van der Waals surface area (Å²) in [4.78, 5) is 17.0. The minimum atomic E-state index is -0.349. The van der Waals surface area contributed by atoms with E-state index >= 15 is 0 Å². The van der Waals surface area contributed by atoms with Crippen LogP contribution in [0, 0.1) is 6.92 Å². The molecule has 2 amide bonds. The van der Waals surface area contributed by atoms with E-state index in [-0.39, 0.29) is 12.1 Å². The van der Waals surface area contributed by atoms with Crippen LogP contribution in [0.2, 0.25) is 0 Å². The number of amides is 2. The summed E-state index contributed by atoms with van der Waals surface area (Å²) in [6.07, 6.45) is 1.96. The lowest BCUT2D eigenvalue weighted by Gasteiger charge is -2.13. The van der Waals surface area contributed by atoms with Gasteiger partial charge < -0.3 is 15.2 Å². The van der Waals surface area contributed by atoms with Gasteiger partial charge in [-0.3, -0.25) is 0 Å². The smallest absolute Gasteiger partial charge is 0.319 e. The molecule has 6 nitrogen and oxygen atoms in total. The highest BCUT2D eigenvalue weighted by Crippen LogP contribution is 2.24. The average molecular weight is 292 g/mol. The second-order valence-electron chi connectivity index (χ2n) is 4.20. The van der Waals surface area contributed by atoms with E-state index in [1.807, 2.05) is 30.5 Å². The molecule has 2 rings (SSSR count). The average Bonchev–Trinajstić information content (AvgIpc) is 2.86. The van der Waals surface area contributed by atoms with Gasteiger partial charge in [0.2, 0.25) is 5.89 Å². The van der Waals surface area contributed by atoms with Crippen molar-refractivity contribution in [2.45, 2.75) is 24.8 Å². The SMILES string of the molecule is CSc1ccccc1NC(=O)NC(C)c1nc(C)no1. The van der Waals surface area contributed by atoms with E-state index < -0.39 is 0 Å². The van der Waals surface area contributed by atoms with Crippen molar-refractivity contribution in [2.75, 3.05) is 11.6 Å². The third kappa shape index (κ3) is 3.51. The number of nitrogens with one attached hydrogen (secondary N) is 2. The molecule has 1 heterocycles. The predicted octanol–water partition coefficient (Wildman–Crippen LogP) is 2.98. The highest BCUT2D eigenvalue weighted by Gasteiger charge is 2.16. The summed E-state index contributed by atoms with van der Waals surface area (Å²) in [5, 5.41) is 9.26. The van der Waals surface area contributed by atoms with E-state index in [0.717, 1.165) is 10.6 Å². The standard InChI is InChI=1S/C13H16N4O2S/c1-8(12-15-9(2)17-19-12)14-13(18)16-10-6-4-5-7-11(10)20-3/h4-8H,1-3H3,(H2,14,16,18). The Hall–Kier alpha value is -2.02. The molecule has 0 saturated heterocycles. The Labute approximate surface area is 121 Å². The van der Waals surface area contributed by atoms with Crippen LogP contribution in [-0.4, -0.2) is 22.4 Å². The number of carbonyl (C=O) groups is 1. The number of rotatable bonds is 4. The van der Waals surface area contributed by atoms with E-state index in [1.54, 1.807) is 25.6 Å². The van der Waals surface area contributed by atoms with Crippen LogP contribution < -0.4 is 10.6 Å². The quantitative estimate of drug-likeness (QED) is 0.847. The van der Waals surface area contributed by atoms with Crippen molar-refractivity contribution < 1.29 is 9.32 Å². The van der Waals surface area contributed by atoms with Gasteiger partial charge in [0.1, 0.15) is 6.04 Å². The Balaban J connectivity index is 1.98. The van der Waals surface area contributed by atoms with Crippen molar-refractivity contribution in [1.29, 1.82) is 0 Å². The van der Waals surface area contributed by atoms with Gasteiger partial charge >= 0.3 is 6.03 Å². The van der Waals surface area contributed by atoms with E-state index in [1.165, 1.54) is 0 Å². The van der Waals surface area contributed by atoms with Crippen molar-refractivity contribution >= 4 is 23.5 Å². The summed E-state index contributed by atoms with van der Waals surface area (Å²) < 4.78 is 5.01. The number of aromatic nitrogens is 2. The molecule has 1 unspecified atom stereocenters. The Morgan fingerprint density at radius 2 is 2.15 bits per heavy atom. The first-order chi connectivity index (χ1) is 9.60. The van der Waals surface area contributed by atoms with Gasteiger partial charge in [-0.1, -0.05) is 17.3 Å². The summed E-state index contributed by atoms with van der Waals surface area (Å²) in [6.45, 7) is 3.52. The molecule has 0 aliphatic carbocycles. The maximum Gasteiger partial charge on any atom is 0.319 e. The zero-order valence-corrected chi connectivity index (χ0v) is 12.3. The van der Waals surface area contributed by atoms with Gasteiger partial charge in [-0.2, -0.15) is 4.98 Å². The number of hydrogen-bond acceptors (Lipinski definition) is 5. The fourth-order valence-corrected chi connectivity index (χ4v) is 2.21. The molecule has 7 heteroatoms. The summed E-state index contributed by atoms with van der Waals surface area (Å²) >= 11 is 1.57. The highest BCUT2D eigenvalue weighted by atomic mass is 32.2. The summed E-state index contributed by atoms with van der Waals surface area (Å²) in [6, 6.07) is 6.95. The molecular weight excluding hydrogens is 276 g/mol. The minimum absolute atomic E-state index is 0.310. The number of urea groups is 1. The molecule has 0 aliphatic rings. The lowest BCUT2D eigenvalue weighted by molar-refractivity contribution is 0.245. The maximum atomic E-state index is 11.9. The number of aryl methyl sites for hydroxylation is 1. The molecule has 2 N–H and O–H groups in total. The monoisotopic (exact) mass is 292 g/mol. The van der Waals surface area contributed by atoms with Crippen LogP contribution in [0.25, 0.3) is 0 Å². The minimum Gasteiger partial charge on any atom is -0.337 e. The molecule has 0 fully saturated rings. The van der Waals surface area contributed by atoms with Crippen LogP contribution >= 0.6 is 11.8 Å². The van der Waals surface area contributed by atoms with Crippen LogP contribution in [0.3, 0.4) is 0 Å². The first-order valence-corrected chi connectivity index (χ1v) is 7.33. The molecule has 1 atom stereocenters. The molecule has 0 saturated carbocycles. The second kappa shape index (κ2) is 6.42. The van der Waals surface area contributed by atoms with Crippen molar-refractivity contribution in [1.82, 2.24) is 15.5 Å². The van der Waals surface area contributed by atoms with Crippen molar-refractivity contribution in [2.24, 2.45) is 0 Å². The van der Waals surface area contributed by atoms with Crippen LogP contribution in [0.5, 0.6) is 0 Å². The number of thioether (sulfide) groups is 1. The molecule has 106 valence electrons. The fraction of sp³-hybridized carbons (Fsp3) is 0.308. The highest BCUT2D eigenvalue weighted by molar-refractivity contribution is 7.98. The second-order valence-corrected chi connectivity index (χ2v) is 5.05. The third-order valence-electron chi connectivity index (χ3n) is 2.62. The number of carbonyl (C=O) groups excluding carboxylic acids is 1. The van der Waals surface area contributed by atoms with Crippen LogP contribution in [0.4, 0.5) is 10.5 Å². The van der Waals surface area contributed by atoms with Gasteiger partial charge in [0.15, 0.2) is 5.82 Å². The van der Waals surface area contributed by atoms with Gasteiger partial charge in [0, 0.05) is 4.90 Å². The summed E-state index contributed by atoms with van der Waals surface area (Å²) in [7, 11) is 0. The summed E-state index contributed by atoms with van der Waals surface area (Å²) in [5.74, 6) is 0.928. The van der Waals surface area contributed by atoms with E-state index in [4.69, 9.17) is 4.52 Å². The van der Waals surface area contributed by atoms with Crippen LogP contribution in [0.15, 0.2) is 33.7 Å². The molecule has 0 radical (unpaired) electrons. The molecular formula is C13H16N4O2S. The molecule has 0 spiro atoms. The lowest BCUT2D eigenvalue weighted by Crippen LogP contribution is -2.31. The molecule has 2 aromatic rings. The van der Waals surface area contributed by atoms with Gasteiger partial charge in [0.05, 0.1) is 5.69 Å². The summed E-state index contributed by atoms with van der Waals surface area (Å²) in [5.41, 5.74) is 0.770. The molecule has 1 aromatic carbocycles. The molecule has 1 aromatic heterocycles. The lowest BCUT2D eigenvalue weighted by atomic mass is 10.3. The zero-order chi connectivity index (χ0) is 14.5. The third-order valence-corrected chi connectivity index (χ3v) is 3.41. The van der Waals surface area contributed by atoms with E-state index in [0.29, 0.717) is 11.7 Å². The van der Waals surface area contributed by atoms with Crippen molar-refractivity contribution in [3.8, 4) is 0 Å².